The van der Waals surface area contributed by atoms with Crippen LogP contribution in [0.25, 0.3) is 0 Å². The Bertz CT molecular complexity index is 117. The molecule has 0 aromatic rings. The van der Waals surface area contributed by atoms with Gasteiger partial charge in [-0.1, -0.05) is 13.8 Å². The van der Waals surface area contributed by atoms with E-state index in [9.17, 15) is 0 Å². The van der Waals surface area contributed by atoms with Crippen LogP contribution in [-0.4, -0.2) is 19.8 Å². The fourth-order valence-corrected chi connectivity index (χ4v) is 1.73. The second kappa shape index (κ2) is 3.55. The molecule has 0 aromatic heterocycles. The van der Waals surface area contributed by atoms with Gasteiger partial charge in [-0.3, -0.25) is 0 Å². The summed E-state index contributed by atoms with van der Waals surface area (Å²) in [7, 11) is 0. The van der Waals surface area contributed by atoms with E-state index in [1.54, 1.807) is 0 Å². The van der Waals surface area contributed by atoms with Crippen molar-refractivity contribution in [2.45, 2.75) is 26.7 Å². The number of hydrogen-bond acceptors (Lipinski definition) is 2. The third-order valence-electron chi connectivity index (χ3n) is 2.82. The lowest BCUT2D eigenvalue weighted by atomic mass is 9.76. The first-order valence-corrected chi connectivity index (χ1v) is 4.44. The van der Waals surface area contributed by atoms with Crippen LogP contribution in [0, 0.1) is 11.3 Å². The summed E-state index contributed by atoms with van der Waals surface area (Å²) in [4.78, 5) is 0. The van der Waals surface area contributed by atoms with Gasteiger partial charge in [-0.25, -0.2) is 0 Å². The molecule has 0 bridgehead atoms. The first kappa shape index (κ1) is 9.01. The molecule has 1 unspecified atom stereocenters. The molecule has 0 aliphatic carbocycles. The lowest BCUT2D eigenvalue weighted by Crippen LogP contribution is -2.27. The van der Waals surface area contributed by atoms with Gasteiger partial charge in [0.15, 0.2) is 0 Å². The minimum absolute atomic E-state index is 0.380. The Balaban J connectivity index is 2.41. The van der Waals surface area contributed by atoms with Gasteiger partial charge < -0.3 is 10.5 Å². The molecule has 2 N–H and O–H groups in total. The van der Waals surface area contributed by atoms with Crippen molar-refractivity contribution in [3.8, 4) is 0 Å². The molecule has 1 aliphatic rings. The minimum atomic E-state index is 0.380. The minimum Gasteiger partial charge on any atom is -0.381 e. The van der Waals surface area contributed by atoms with Gasteiger partial charge in [0.25, 0.3) is 0 Å². The molecule has 66 valence electrons. The Morgan fingerprint density at radius 2 is 2.27 bits per heavy atom. The quantitative estimate of drug-likeness (QED) is 0.672. The van der Waals surface area contributed by atoms with E-state index in [0.717, 1.165) is 32.1 Å². The highest BCUT2D eigenvalue weighted by atomic mass is 16.5. The van der Waals surface area contributed by atoms with Crippen LogP contribution in [0.2, 0.25) is 0 Å². The van der Waals surface area contributed by atoms with E-state index in [-0.39, 0.29) is 0 Å². The number of ether oxygens (including phenoxy) is 1. The van der Waals surface area contributed by atoms with E-state index in [0.29, 0.717) is 5.41 Å². The van der Waals surface area contributed by atoms with Crippen molar-refractivity contribution in [1.29, 1.82) is 0 Å². The standard InChI is InChI=1S/C9H19NO/c1-9(2,4-5-10)8-3-6-11-7-8/h8H,3-7,10H2,1-2H3. The summed E-state index contributed by atoms with van der Waals surface area (Å²) in [5.74, 6) is 0.728. The lowest BCUT2D eigenvalue weighted by molar-refractivity contribution is 0.138. The Morgan fingerprint density at radius 3 is 2.73 bits per heavy atom. The average molecular weight is 157 g/mol. The Labute approximate surface area is 69.1 Å². The molecule has 0 amide bonds. The molecule has 1 rings (SSSR count). The van der Waals surface area contributed by atoms with E-state index in [1.807, 2.05) is 0 Å². The summed E-state index contributed by atoms with van der Waals surface area (Å²) in [6.07, 6.45) is 2.33. The van der Waals surface area contributed by atoms with Crippen LogP contribution < -0.4 is 5.73 Å². The summed E-state index contributed by atoms with van der Waals surface area (Å²) in [6, 6.07) is 0. The van der Waals surface area contributed by atoms with Crippen molar-refractivity contribution in [3.05, 3.63) is 0 Å². The molecule has 2 nitrogen and oxygen atoms in total. The molecular formula is C9H19NO. The van der Waals surface area contributed by atoms with Gasteiger partial charge in [0, 0.05) is 13.2 Å². The summed E-state index contributed by atoms with van der Waals surface area (Å²) < 4.78 is 5.35. The van der Waals surface area contributed by atoms with Crippen molar-refractivity contribution in [2.75, 3.05) is 19.8 Å². The van der Waals surface area contributed by atoms with Gasteiger partial charge in [0.2, 0.25) is 0 Å². The summed E-state index contributed by atoms with van der Waals surface area (Å²) in [6.45, 7) is 7.26. The van der Waals surface area contributed by atoms with Crippen molar-refractivity contribution in [3.63, 3.8) is 0 Å². The maximum atomic E-state index is 5.54. The highest BCUT2D eigenvalue weighted by Gasteiger charge is 2.31. The third kappa shape index (κ3) is 2.17. The van der Waals surface area contributed by atoms with Gasteiger partial charge in [-0.2, -0.15) is 0 Å². The largest absolute Gasteiger partial charge is 0.381 e. The summed E-state index contributed by atoms with van der Waals surface area (Å²) in [5.41, 5.74) is 5.92. The lowest BCUT2D eigenvalue weighted by Gasteiger charge is -2.29. The van der Waals surface area contributed by atoms with Crippen LogP contribution >= 0.6 is 0 Å². The molecule has 11 heavy (non-hydrogen) atoms. The monoisotopic (exact) mass is 157 g/mol. The number of rotatable bonds is 3. The highest BCUT2D eigenvalue weighted by Crippen LogP contribution is 2.35. The molecular weight excluding hydrogens is 138 g/mol. The molecule has 1 saturated heterocycles. The smallest absolute Gasteiger partial charge is 0.0500 e. The first-order chi connectivity index (χ1) is 5.17. The van der Waals surface area contributed by atoms with Gasteiger partial charge >= 0.3 is 0 Å². The van der Waals surface area contributed by atoms with Gasteiger partial charge in [0.05, 0.1) is 0 Å². The van der Waals surface area contributed by atoms with E-state index in [4.69, 9.17) is 10.5 Å². The molecule has 1 atom stereocenters. The summed E-state index contributed by atoms with van der Waals surface area (Å²) in [5, 5.41) is 0. The SMILES string of the molecule is CC(C)(CCN)C1CCOC1. The van der Waals surface area contributed by atoms with Crippen molar-refractivity contribution in [2.24, 2.45) is 17.1 Å². The maximum Gasteiger partial charge on any atom is 0.0500 e. The van der Waals surface area contributed by atoms with E-state index >= 15 is 0 Å². The maximum absolute atomic E-state index is 5.54. The molecule has 0 saturated carbocycles. The second-order valence-corrected chi connectivity index (χ2v) is 4.09. The number of hydrogen-bond donors (Lipinski definition) is 1. The second-order valence-electron chi connectivity index (χ2n) is 4.09. The average Bonchev–Trinajstić information content (AvgIpc) is 2.37. The van der Waals surface area contributed by atoms with E-state index in [1.165, 1.54) is 6.42 Å². The zero-order chi connectivity index (χ0) is 8.32. The Kier molecular flexibility index (Phi) is 2.90. The van der Waals surface area contributed by atoms with Crippen molar-refractivity contribution < 1.29 is 4.74 Å². The van der Waals surface area contributed by atoms with Crippen molar-refractivity contribution in [1.82, 2.24) is 0 Å². The normalized spacial score (nSPS) is 25.9. The molecule has 1 aliphatic heterocycles. The zero-order valence-electron chi connectivity index (χ0n) is 7.60. The van der Waals surface area contributed by atoms with Gasteiger partial charge in [-0.15, -0.1) is 0 Å². The molecule has 0 radical (unpaired) electrons. The van der Waals surface area contributed by atoms with Crippen LogP contribution in [0.4, 0.5) is 0 Å². The van der Waals surface area contributed by atoms with Crippen LogP contribution in [-0.2, 0) is 4.74 Å². The fraction of sp³-hybridized carbons (Fsp3) is 1.00. The first-order valence-electron chi connectivity index (χ1n) is 4.44. The predicted molar refractivity (Wildman–Crippen MR) is 46.4 cm³/mol. The Morgan fingerprint density at radius 1 is 1.55 bits per heavy atom. The van der Waals surface area contributed by atoms with Gasteiger partial charge in [0.1, 0.15) is 0 Å². The summed E-state index contributed by atoms with van der Waals surface area (Å²) >= 11 is 0. The zero-order valence-corrected chi connectivity index (χ0v) is 7.60. The van der Waals surface area contributed by atoms with Gasteiger partial charge in [-0.05, 0) is 30.7 Å². The van der Waals surface area contributed by atoms with E-state index in [2.05, 4.69) is 13.8 Å². The van der Waals surface area contributed by atoms with E-state index < -0.39 is 0 Å². The van der Waals surface area contributed by atoms with Crippen LogP contribution in [0.1, 0.15) is 26.7 Å². The molecule has 1 heterocycles. The van der Waals surface area contributed by atoms with Crippen LogP contribution in [0.15, 0.2) is 0 Å². The highest BCUT2D eigenvalue weighted by molar-refractivity contribution is 4.81. The topological polar surface area (TPSA) is 35.2 Å². The van der Waals surface area contributed by atoms with Crippen LogP contribution in [0.5, 0.6) is 0 Å². The number of nitrogens with two attached hydrogens (primary N) is 1. The molecule has 2 heteroatoms. The molecule has 0 aromatic carbocycles. The molecule has 1 fully saturated rings. The predicted octanol–water partition coefficient (Wildman–Crippen LogP) is 1.40. The van der Waals surface area contributed by atoms with Crippen LogP contribution in [0.3, 0.4) is 0 Å². The third-order valence-corrected chi connectivity index (χ3v) is 2.82. The fourth-order valence-electron chi connectivity index (χ4n) is 1.73. The molecule has 0 spiro atoms. The van der Waals surface area contributed by atoms with Crippen molar-refractivity contribution >= 4 is 0 Å². The Hall–Kier alpha value is -0.0800.